The van der Waals surface area contributed by atoms with E-state index in [4.69, 9.17) is 5.73 Å². The van der Waals surface area contributed by atoms with Crippen LogP contribution in [0.1, 0.15) is 33.1 Å². The van der Waals surface area contributed by atoms with Gasteiger partial charge in [-0.1, -0.05) is 13.8 Å². The lowest BCUT2D eigenvalue weighted by atomic mass is 9.48. The van der Waals surface area contributed by atoms with Crippen molar-refractivity contribution in [2.75, 3.05) is 0 Å². The van der Waals surface area contributed by atoms with E-state index in [9.17, 15) is 0 Å². The summed E-state index contributed by atoms with van der Waals surface area (Å²) in [5.74, 6) is 1.89. The van der Waals surface area contributed by atoms with E-state index in [2.05, 4.69) is 13.8 Å². The standard InChI is InChI=1S/C9H17N/c1-9(2)6-3-7(9)5-8(10)4-6/h6-8H,3-5,10H2,1-2H3/t6-,7+,8?. The third-order valence-corrected chi connectivity index (χ3v) is 3.85. The van der Waals surface area contributed by atoms with Gasteiger partial charge in [0.15, 0.2) is 0 Å². The van der Waals surface area contributed by atoms with Gasteiger partial charge in [-0.3, -0.25) is 0 Å². The monoisotopic (exact) mass is 139 g/mol. The van der Waals surface area contributed by atoms with Gasteiger partial charge in [0.05, 0.1) is 0 Å². The molecule has 10 heavy (non-hydrogen) atoms. The van der Waals surface area contributed by atoms with E-state index in [1.54, 1.807) is 0 Å². The van der Waals surface area contributed by atoms with Crippen molar-refractivity contribution in [1.82, 2.24) is 0 Å². The smallest absolute Gasteiger partial charge is 0.00445 e. The van der Waals surface area contributed by atoms with E-state index >= 15 is 0 Å². The van der Waals surface area contributed by atoms with Gasteiger partial charge in [-0.25, -0.2) is 0 Å². The normalized spacial score (nSPS) is 50.1. The molecule has 1 unspecified atom stereocenters. The number of nitrogens with two attached hydrogens (primary N) is 1. The van der Waals surface area contributed by atoms with Gasteiger partial charge in [0.25, 0.3) is 0 Å². The summed E-state index contributed by atoms with van der Waals surface area (Å²) in [4.78, 5) is 0. The summed E-state index contributed by atoms with van der Waals surface area (Å²) in [6.07, 6.45) is 4.02. The van der Waals surface area contributed by atoms with Gasteiger partial charge >= 0.3 is 0 Å². The van der Waals surface area contributed by atoms with Crippen LogP contribution in [0.4, 0.5) is 0 Å². The maximum absolute atomic E-state index is 5.88. The number of rotatable bonds is 0. The average molecular weight is 139 g/mol. The van der Waals surface area contributed by atoms with Crippen molar-refractivity contribution in [3.05, 3.63) is 0 Å². The first-order valence-corrected chi connectivity index (χ1v) is 4.36. The Morgan fingerprint density at radius 1 is 1.10 bits per heavy atom. The lowest BCUT2D eigenvalue weighted by Crippen LogP contribution is -2.54. The summed E-state index contributed by atoms with van der Waals surface area (Å²) in [6, 6.07) is 0.525. The minimum atomic E-state index is 0.525. The van der Waals surface area contributed by atoms with E-state index in [0.29, 0.717) is 11.5 Å². The summed E-state index contributed by atoms with van der Waals surface area (Å²) >= 11 is 0. The number of hydrogen-bond donors (Lipinski definition) is 1. The second-order valence-corrected chi connectivity index (χ2v) is 4.68. The van der Waals surface area contributed by atoms with Gasteiger partial charge < -0.3 is 5.73 Å². The average Bonchev–Trinajstić information content (AvgIpc) is 1.87. The molecule has 0 aromatic carbocycles. The van der Waals surface area contributed by atoms with Gasteiger partial charge in [0.1, 0.15) is 0 Å². The van der Waals surface area contributed by atoms with E-state index < -0.39 is 0 Å². The Bertz CT molecular complexity index is 137. The molecule has 0 aromatic rings. The zero-order valence-electron chi connectivity index (χ0n) is 6.93. The number of fused-ring (bicyclic) bond motifs is 2. The van der Waals surface area contributed by atoms with E-state index in [0.717, 1.165) is 11.8 Å². The molecule has 58 valence electrons. The third kappa shape index (κ3) is 0.672. The zero-order chi connectivity index (χ0) is 7.35. The van der Waals surface area contributed by atoms with Crippen molar-refractivity contribution in [2.24, 2.45) is 23.0 Å². The molecule has 0 radical (unpaired) electrons. The SMILES string of the molecule is CC1(C)[C@@H]2CC(N)C[C@H]1C2. The van der Waals surface area contributed by atoms with Gasteiger partial charge in [-0.05, 0) is 36.5 Å². The predicted molar refractivity (Wildman–Crippen MR) is 42.6 cm³/mol. The summed E-state index contributed by atoms with van der Waals surface area (Å²) < 4.78 is 0. The Hall–Kier alpha value is -0.0400. The first-order chi connectivity index (χ1) is 4.60. The van der Waals surface area contributed by atoms with Crippen LogP contribution < -0.4 is 5.73 Å². The molecule has 3 atom stereocenters. The highest BCUT2D eigenvalue weighted by Gasteiger charge is 2.51. The second kappa shape index (κ2) is 1.76. The first kappa shape index (κ1) is 6.66. The highest BCUT2D eigenvalue weighted by molar-refractivity contribution is 5.03. The van der Waals surface area contributed by atoms with Crippen LogP contribution in [0.25, 0.3) is 0 Å². The Morgan fingerprint density at radius 2 is 1.60 bits per heavy atom. The first-order valence-electron chi connectivity index (χ1n) is 4.36. The molecule has 0 aromatic heterocycles. The molecule has 3 aliphatic carbocycles. The molecule has 3 rings (SSSR count). The van der Waals surface area contributed by atoms with Gasteiger partial charge in [-0.2, -0.15) is 0 Å². The van der Waals surface area contributed by atoms with E-state index in [1.165, 1.54) is 19.3 Å². The fourth-order valence-corrected chi connectivity index (χ4v) is 2.75. The van der Waals surface area contributed by atoms with Crippen LogP contribution in [0.15, 0.2) is 0 Å². The fraction of sp³-hybridized carbons (Fsp3) is 1.00. The Labute approximate surface area is 63.0 Å². The van der Waals surface area contributed by atoms with Crippen LogP contribution >= 0.6 is 0 Å². The molecular formula is C9H17N. The third-order valence-electron chi connectivity index (χ3n) is 3.85. The maximum atomic E-state index is 5.88. The summed E-state index contributed by atoms with van der Waals surface area (Å²) in [7, 11) is 0. The summed E-state index contributed by atoms with van der Waals surface area (Å²) in [5, 5.41) is 0. The second-order valence-electron chi connectivity index (χ2n) is 4.68. The van der Waals surface area contributed by atoms with Crippen LogP contribution in [0, 0.1) is 17.3 Å². The summed E-state index contributed by atoms with van der Waals surface area (Å²) in [6.45, 7) is 4.80. The van der Waals surface area contributed by atoms with E-state index in [-0.39, 0.29) is 0 Å². The van der Waals surface area contributed by atoms with Crippen LogP contribution in [0.5, 0.6) is 0 Å². The molecule has 1 nitrogen and oxygen atoms in total. The van der Waals surface area contributed by atoms with Crippen LogP contribution in [0.2, 0.25) is 0 Å². The Kier molecular flexibility index (Phi) is 1.17. The van der Waals surface area contributed by atoms with Gasteiger partial charge in [-0.15, -0.1) is 0 Å². The molecule has 1 heteroatoms. The van der Waals surface area contributed by atoms with Crippen molar-refractivity contribution >= 4 is 0 Å². The molecule has 3 saturated carbocycles. The maximum Gasteiger partial charge on any atom is 0.00445 e. The molecule has 2 N–H and O–H groups in total. The van der Waals surface area contributed by atoms with Crippen molar-refractivity contribution < 1.29 is 0 Å². The molecule has 3 aliphatic rings. The number of hydrogen-bond acceptors (Lipinski definition) is 1. The van der Waals surface area contributed by atoms with Crippen molar-refractivity contribution in [1.29, 1.82) is 0 Å². The van der Waals surface area contributed by atoms with Crippen molar-refractivity contribution in [3.63, 3.8) is 0 Å². The largest absolute Gasteiger partial charge is 0.328 e. The Balaban J connectivity index is 2.10. The molecule has 0 heterocycles. The molecule has 0 amide bonds. The zero-order valence-corrected chi connectivity index (χ0v) is 6.93. The van der Waals surface area contributed by atoms with Gasteiger partial charge in [0, 0.05) is 6.04 Å². The van der Waals surface area contributed by atoms with Gasteiger partial charge in [0.2, 0.25) is 0 Å². The molecule has 2 bridgehead atoms. The minimum Gasteiger partial charge on any atom is -0.328 e. The quantitative estimate of drug-likeness (QED) is 0.544. The molecule has 0 aliphatic heterocycles. The van der Waals surface area contributed by atoms with Crippen molar-refractivity contribution in [3.8, 4) is 0 Å². The predicted octanol–water partition coefficient (Wildman–Crippen LogP) is 1.77. The molecule has 0 spiro atoms. The Morgan fingerprint density at radius 3 is 1.90 bits per heavy atom. The van der Waals surface area contributed by atoms with Crippen molar-refractivity contribution in [2.45, 2.75) is 39.2 Å². The fourth-order valence-electron chi connectivity index (χ4n) is 2.75. The highest BCUT2D eigenvalue weighted by atomic mass is 14.7. The molecule has 3 fully saturated rings. The molecular weight excluding hydrogens is 122 g/mol. The summed E-state index contributed by atoms with van der Waals surface area (Å²) in [5.41, 5.74) is 6.51. The minimum absolute atomic E-state index is 0.525. The van der Waals surface area contributed by atoms with Crippen LogP contribution in [-0.2, 0) is 0 Å². The molecule has 0 saturated heterocycles. The van der Waals surface area contributed by atoms with E-state index in [1.807, 2.05) is 0 Å². The highest BCUT2D eigenvalue weighted by Crippen LogP contribution is 2.58. The lowest BCUT2D eigenvalue weighted by Gasteiger charge is -2.58. The lowest BCUT2D eigenvalue weighted by molar-refractivity contribution is -0.0727. The van der Waals surface area contributed by atoms with Crippen LogP contribution in [-0.4, -0.2) is 6.04 Å². The van der Waals surface area contributed by atoms with Crippen LogP contribution in [0.3, 0.4) is 0 Å². The topological polar surface area (TPSA) is 26.0 Å².